The fraction of sp³-hybridized carbons (Fsp3) is 0.857. The van der Waals surface area contributed by atoms with Crippen molar-refractivity contribution in [1.29, 1.82) is 0 Å². The Morgan fingerprint density at radius 1 is 1.25 bits per heavy atom. The van der Waals surface area contributed by atoms with Crippen LogP contribution in [0.25, 0.3) is 0 Å². The third-order valence-corrected chi connectivity index (χ3v) is 4.61. The lowest BCUT2D eigenvalue weighted by Crippen LogP contribution is -2.58. The number of hydrogen-bond acceptors (Lipinski definition) is 4. The van der Waals surface area contributed by atoms with E-state index < -0.39 is 5.54 Å². The molecule has 0 aliphatic carbocycles. The van der Waals surface area contributed by atoms with Crippen LogP contribution in [0.4, 0.5) is 4.79 Å². The van der Waals surface area contributed by atoms with Gasteiger partial charge in [0.05, 0.1) is 6.61 Å². The number of carbonyl (C=O) groups is 2. The van der Waals surface area contributed by atoms with Gasteiger partial charge in [0.15, 0.2) is 0 Å². The van der Waals surface area contributed by atoms with Gasteiger partial charge in [-0.1, -0.05) is 0 Å². The maximum atomic E-state index is 12.5. The van der Waals surface area contributed by atoms with Crippen LogP contribution in [0, 0.1) is 0 Å². The first-order chi connectivity index (χ1) is 9.44. The molecule has 2 aliphatic rings. The number of imide groups is 1. The van der Waals surface area contributed by atoms with E-state index in [9.17, 15) is 9.59 Å². The summed E-state index contributed by atoms with van der Waals surface area (Å²) >= 11 is 0. The van der Waals surface area contributed by atoms with Gasteiger partial charge in [0.25, 0.3) is 5.91 Å². The summed E-state index contributed by atoms with van der Waals surface area (Å²) in [4.78, 5) is 30.2. The maximum absolute atomic E-state index is 12.5. The van der Waals surface area contributed by atoms with Gasteiger partial charge in [-0.3, -0.25) is 9.69 Å². The average Bonchev–Trinajstić information content (AvgIpc) is 2.60. The molecule has 2 fully saturated rings. The highest BCUT2D eigenvalue weighted by atomic mass is 16.5. The molecule has 6 heteroatoms. The van der Waals surface area contributed by atoms with Crippen molar-refractivity contribution in [2.24, 2.45) is 0 Å². The van der Waals surface area contributed by atoms with Crippen molar-refractivity contribution in [2.75, 3.05) is 40.4 Å². The third-order valence-electron chi connectivity index (χ3n) is 4.61. The fourth-order valence-corrected chi connectivity index (χ4v) is 3.26. The number of likely N-dealkylation sites (tertiary alicyclic amines) is 1. The van der Waals surface area contributed by atoms with Crippen molar-refractivity contribution in [3.05, 3.63) is 0 Å². The summed E-state index contributed by atoms with van der Waals surface area (Å²) in [6, 6.07) is 0.287. The summed E-state index contributed by atoms with van der Waals surface area (Å²) in [7, 11) is 3.19. The van der Waals surface area contributed by atoms with Crippen molar-refractivity contribution in [3.8, 4) is 0 Å². The molecule has 0 radical (unpaired) electrons. The van der Waals surface area contributed by atoms with Crippen molar-refractivity contribution >= 4 is 11.9 Å². The SMILES string of the molecule is COCCN1C(=O)N(C)C(=O)C12CCN(C(C)C)CC2. The molecule has 0 aromatic heterocycles. The smallest absolute Gasteiger partial charge is 0.327 e. The minimum absolute atomic E-state index is 0.0537. The number of rotatable bonds is 4. The Hall–Kier alpha value is -1.14. The van der Waals surface area contributed by atoms with E-state index in [-0.39, 0.29) is 11.9 Å². The number of methoxy groups -OCH3 is 1. The molecule has 0 aromatic carbocycles. The van der Waals surface area contributed by atoms with E-state index in [4.69, 9.17) is 4.74 Å². The number of piperidine rings is 1. The first-order valence-electron chi connectivity index (χ1n) is 7.27. The Morgan fingerprint density at radius 2 is 1.85 bits per heavy atom. The van der Waals surface area contributed by atoms with E-state index in [1.807, 2.05) is 0 Å². The van der Waals surface area contributed by atoms with Crippen LogP contribution in [0.5, 0.6) is 0 Å². The second-order valence-electron chi connectivity index (χ2n) is 5.95. The first kappa shape index (κ1) is 15.3. The quantitative estimate of drug-likeness (QED) is 0.715. The zero-order valence-electron chi connectivity index (χ0n) is 12.9. The van der Waals surface area contributed by atoms with Crippen molar-refractivity contribution in [2.45, 2.75) is 38.3 Å². The van der Waals surface area contributed by atoms with Crippen molar-refractivity contribution < 1.29 is 14.3 Å². The molecule has 2 rings (SSSR count). The van der Waals surface area contributed by atoms with Gasteiger partial charge in [0.1, 0.15) is 5.54 Å². The van der Waals surface area contributed by atoms with Crippen LogP contribution in [-0.4, -0.2) is 78.6 Å². The van der Waals surface area contributed by atoms with Crippen LogP contribution in [0.2, 0.25) is 0 Å². The first-order valence-corrected chi connectivity index (χ1v) is 7.27. The third kappa shape index (κ3) is 2.31. The Labute approximate surface area is 120 Å². The lowest BCUT2D eigenvalue weighted by Gasteiger charge is -2.43. The molecular weight excluding hydrogens is 258 g/mol. The van der Waals surface area contributed by atoms with E-state index >= 15 is 0 Å². The Balaban J connectivity index is 2.18. The monoisotopic (exact) mass is 283 g/mol. The zero-order chi connectivity index (χ0) is 14.9. The number of carbonyl (C=O) groups excluding carboxylic acids is 2. The van der Waals surface area contributed by atoms with Gasteiger partial charge >= 0.3 is 6.03 Å². The fourth-order valence-electron chi connectivity index (χ4n) is 3.26. The molecule has 0 saturated carbocycles. The van der Waals surface area contributed by atoms with Crippen molar-refractivity contribution in [1.82, 2.24) is 14.7 Å². The molecule has 1 spiro atoms. The summed E-state index contributed by atoms with van der Waals surface area (Å²) in [6.07, 6.45) is 1.42. The Bertz CT molecular complexity index is 389. The van der Waals surface area contributed by atoms with Gasteiger partial charge in [0, 0.05) is 39.8 Å². The van der Waals surface area contributed by atoms with Crippen LogP contribution in [0.3, 0.4) is 0 Å². The van der Waals surface area contributed by atoms with Gasteiger partial charge < -0.3 is 14.5 Å². The number of nitrogens with zero attached hydrogens (tertiary/aromatic N) is 3. The molecule has 0 bridgehead atoms. The standard InChI is InChI=1S/C14H25N3O3/c1-11(2)16-7-5-14(6-8-16)12(18)15(3)13(19)17(14)9-10-20-4/h11H,5-10H2,1-4H3. The normalized spacial score (nSPS) is 23.4. The van der Waals surface area contributed by atoms with Crippen LogP contribution in [0.15, 0.2) is 0 Å². The minimum atomic E-state index is -0.643. The highest BCUT2D eigenvalue weighted by molar-refractivity contribution is 6.06. The average molecular weight is 283 g/mol. The molecule has 0 N–H and O–H groups in total. The maximum Gasteiger partial charge on any atom is 0.327 e. The number of ether oxygens (including phenoxy) is 1. The second kappa shape index (κ2) is 5.69. The summed E-state index contributed by atoms with van der Waals surface area (Å²) in [5.41, 5.74) is -0.643. The Kier molecular flexibility index (Phi) is 4.34. The molecule has 0 aromatic rings. The van der Waals surface area contributed by atoms with Gasteiger partial charge in [-0.25, -0.2) is 4.79 Å². The molecular formula is C14H25N3O3. The zero-order valence-corrected chi connectivity index (χ0v) is 12.9. The van der Waals surface area contributed by atoms with Crippen LogP contribution < -0.4 is 0 Å². The highest BCUT2D eigenvalue weighted by Gasteiger charge is 2.56. The van der Waals surface area contributed by atoms with E-state index in [1.165, 1.54) is 4.90 Å². The summed E-state index contributed by atoms with van der Waals surface area (Å²) in [5.74, 6) is -0.0537. The number of amides is 3. The van der Waals surface area contributed by atoms with E-state index in [0.29, 0.717) is 32.0 Å². The minimum Gasteiger partial charge on any atom is -0.383 e. The predicted molar refractivity (Wildman–Crippen MR) is 75.4 cm³/mol. The lowest BCUT2D eigenvalue weighted by atomic mass is 9.85. The van der Waals surface area contributed by atoms with E-state index in [1.54, 1.807) is 19.1 Å². The van der Waals surface area contributed by atoms with Crippen molar-refractivity contribution in [3.63, 3.8) is 0 Å². The lowest BCUT2D eigenvalue weighted by molar-refractivity contribution is -0.135. The molecule has 114 valence electrons. The van der Waals surface area contributed by atoms with Crippen LogP contribution in [0.1, 0.15) is 26.7 Å². The summed E-state index contributed by atoms with van der Waals surface area (Å²) in [6.45, 7) is 6.97. The highest BCUT2D eigenvalue weighted by Crippen LogP contribution is 2.36. The molecule has 2 heterocycles. The summed E-state index contributed by atoms with van der Waals surface area (Å²) < 4.78 is 5.08. The summed E-state index contributed by atoms with van der Waals surface area (Å²) in [5, 5.41) is 0. The molecule has 2 saturated heterocycles. The molecule has 3 amide bonds. The van der Waals surface area contributed by atoms with E-state index in [2.05, 4.69) is 18.7 Å². The van der Waals surface area contributed by atoms with Crippen LogP contribution >= 0.6 is 0 Å². The molecule has 20 heavy (non-hydrogen) atoms. The molecule has 0 unspecified atom stereocenters. The van der Waals surface area contributed by atoms with Gasteiger partial charge in [0.2, 0.25) is 0 Å². The van der Waals surface area contributed by atoms with Crippen LogP contribution in [-0.2, 0) is 9.53 Å². The number of urea groups is 1. The molecule has 6 nitrogen and oxygen atoms in total. The van der Waals surface area contributed by atoms with Gasteiger partial charge in [-0.15, -0.1) is 0 Å². The molecule has 0 atom stereocenters. The Morgan fingerprint density at radius 3 is 2.35 bits per heavy atom. The van der Waals surface area contributed by atoms with E-state index in [0.717, 1.165) is 13.1 Å². The largest absolute Gasteiger partial charge is 0.383 e. The molecule has 2 aliphatic heterocycles. The topological polar surface area (TPSA) is 53.1 Å². The second-order valence-corrected chi connectivity index (χ2v) is 5.95. The van der Waals surface area contributed by atoms with Gasteiger partial charge in [-0.05, 0) is 26.7 Å². The predicted octanol–water partition coefficient (Wildman–Crippen LogP) is 0.770. The number of likely N-dealkylation sites (N-methyl/N-ethyl adjacent to an activating group) is 1. The van der Waals surface area contributed by atoms with Gasteiger partial charge in [-0.2, -0.15) is 0 Å². The number of hydrogen-bond donors (Lipinski definition) is 0.